The van der Waals surface area contributed by atoms with Gasteiger partial charge in [-0.15, -0.1) is 0 Å². The summed E-state index contributed by atoms with van der Waals surface area (Å²) < 4.78 is 0. The highest BCUT2D eigenvalue weighted by Gasteiger charge is 2.67. The van der Waals surface area contributed by atoms with Crippen LogP contribution in [0.25, 0.3) is 0 Å². The lowest BCUT2D eigenvalue weighted by molar-refractivity contribution is -0.384. The Morgan fingerprint density at radius 2 is 1.64 bits per heavy atom. The molecule has 1 aliphatic heterocycles. The summed E-state index contributed by atoms with van der Waals surface area (Å²) in [5.74, 6) is -0.384. The van der Waals surface area contributed by atoms with E-state index in [4.69, 9.17) is 0 Å². The van der Waals surface area contributed by atoms with Gasteiger partial charge in [0.05, 0.1) is 16.8 Å². The van der Waals surface area contributed by atoms with Crippen molar-refractivity contribution in [2.45, 2.75) is 19.4 Å². The van der Waals surface area contributed by atoms with E-state index in [1.807, 2.05) is 0 Å². The molecule has 2 bridgehead atoms. The molecule has 1 N–H and O–H groups in total. The topological polar surface area (TPSA) is 110 Å². The van der Waals surface area contributed by atoms with E-state index < -0.39 is 16.9 Å². The van der Waals surface area contributed by atoms with Gasteiger partial charge in [-0.25, -0.2) is 0 Å². The van der Waals surface area contributed by atoms with Gasteiger partial charge in [-0.2, -0.15) is 0 Å². The van der Waals surface area contributed by atoms with Gasteiger partial charge in [0.1, 0.15) is 6.04 Å². The fourth-order valence-electron chi connectivity index (χ4n) is 5.39. The number of allylic oxidation sites excluding steroid dienone is 2. The zero-order valence-corrected chi connectivity index (χ0v) is 15.1. The molecule has 1 aromatic carbocycles. The van der Waals surface area contributed by atoms with Gasteiger partial charge in [0.25, 0.3) is 5.69 Å². The highest BCUT2D eigenvalue weighted by atomic mass is 16.6. The van der Waals surface area contributed by atoms with Crippen molar-refractivity contribution in [3.05, 3.63) is 46.5 Å². The van der Waals surface area contributed by atoms with Crippen molar-refractivity contribution < 1.29 is 19.3 Å². The van der Waals surface area contributed by atoms with E-state index in [0.717, 1.165) is 11.3 Å². The molecular formula is C20H19N3O5. The molecule has 3 fully saturated rings. The molecular weight excluding hydrogens is 362 g/mol. The minimum absolute atomic E-state index is 0.0819. The Bertz CT molecular complexity index is 904. The number of rotatable bonds is 4. The number of carbonyl (C=O) groups excluding carboxylic acids is 3. The summed E-state index contributed by atoms with van der Waals surface area (Å²) in [5, 5.41) is 13.4. The molecule has 4 aliphatic carbocycles. The highest BCUT2D eigenvalue weighted by Crippen LogP contribution is 2.65. The van der Waals surface area contributed by atoms with Crippen molar-refractivity contribution in [2.75, 3.05) is 5.32 Å². The lowest BCUT2D eigenvalue weighted by Crippen LogP contribution is -2.46. The summed E-state index contributed by atoms with van der Waals surface area (Å²) in [5.41, 5.74) is 0.295. The van der Waals surface area contributed by atoms with Gasteiger partial charge >= 0.3 is 0 Å². The summed E-state index contributed by atoms with van der Waals surface area (Å²) in [6, 6.07) is 4.49. The first kappa shape index (κ1) is 17.1. The molecule has 0 radical (unpaired) electrons. The summed E-state index contributed by atoms with van der Waals surface area (Å²) >= 11 is 0. The summed E-state index contributed by atoms with van der Waals surface area (Å²) in [7, 11) is 0. The zero-order valence-electron chi connectivity index (χ0n) is 15.1. The van der Waals surface area contributed by atoms with Crippen molar-refractivity contribution in [2.24, 2.45) is 35.5 Å². The van der Waals surface area contributed by atoms with Crippen molar-refractivity contribution in [3.8, 4) is 0 Å². The molecule has 1 saturated heterocycles. The Morgan fingerprint density at radius 1 is 1.11 bits per heavy atom. The fourth-order valence-corrected chi connectivity index (χ4v) is 5.39. The number of nitrogens with one attached hydrogen (secondary N) is 1. The molecule has 28 heavy (non-hydrogen) atoms. The quantitative estimate of drug-likeness (QED) is 0.371. The Morgan fingerprint density at radius 3 is 2.14 bits per heavy atom. The second-order valence-corrected chi connectivity index (χ2v) is 8.17. The maximum atomic E-state index is 13.0. The molecule has 0 aromatic heterocycles. The molecule has 0 spiro atoms. The van der Waals surface area contributed by atoms with E-state index in [1.54, 1.807) is 6.92 Å². The fraction of sp³-hybridized carbons (Fsp3) is 0.450. The second kappa shape index (κ2) is 5.73. The smallest absolute Gasteiger partial charge is 0.269 e. The van der Waals surface area contributed by atoms with Crippen molar-refractivity contribution in [3.63, 3.8) is 0 Å². The number of nitrogens with zero attached hydrogens (tertiary/aromatic N) is 2. The maximum Gasteiger partial charge on any atom is 0.269 e. The number of likely N-dealkylation sites (tertiary alicyclic amines) is 1. The second-order valence-electron chi connectivity index (χ2n) is 8.17. The number of carbonyl (C=O) groups is 3. The lowest BCUT2D eigenvalue weighted by Gasteiger charge is -2.37. The number of nitro benzene ring substituents is 1. The number of non-ortho nitro benzene ring substituents is 1. The molecule has 8 nitrogen and oxygen atoms in total. The standard InChI is InChI=1S/C20H19N3O5/c1-9(18(24)21-10-2-4-11(5-3-10)23(27)28)22-19(25)16-12-6-7-13(15-8-14(12)15)17(16)20(22)26/h2-7,9,12-17H,8H2,1H3,(H,21,24)/t9-,12+,13+,14-,15+,16-,17+/m1/s1. The Kier molecular flexibility index (Phi) is 3.50. The molecule has 7 atom stereocenters. The van der Waals surface area contributed by atoms with Crippen molar-refractivity contribution >= 4 is 29.1 Å². The van der Waals surface area contributed by atoms with Gasteiger partial charge in [-0.1, -0.05) is 12.2 Å². The van der Waals surface area contributed by atoms with Crippen LogP contribution in [0.2, 0.25) is 0 Å². The van der Waals surface area contributed by atoms with Crippen LogP contribution in [-0.4, -0.2) is 33.6 Å². The number of imide groups is 1. The maximum absolute atomic E-state index is 13.0. The Balaban J connectivity index is 1.33. The third-order valence-corrected chi connectivity index (χ3v) is 6.81. The van der Waals surface area contributed by atoms with Crippen LogP contribution < -0.4 is 5.32 Å². The predicted molar refractivity (Wildman–Crippen MR) is 97.7 cm³/mol. The van der Waals surface area contributed by atoms with Crippen molar-refractivity contribution in [1.29, 1.82) is 0 Å². The minimum Gasteiger partial charge on any atom is -0.324 e. The Hall–Kier alpha value is -3.03. The first-order valence-corrected chi connectivity index (χ1v) is 9.49. The predicted octanol–water partition coefficient (Wildman–Crippen LogP) is 1.97. The van der Waals surface area contributed by atoms with Gasteiger partial charge in [-0.05, 0) is 49.1 Å². The van der Waals surface area contributed by atoms with E-state index >= 15 is 0 Å². The van der Waals surface area contributed by atoms with Crippen LogP contribution in [0.3, 0.4) is 0 Å². The average molecular weight is 381 g/mol. The number of hydrogen-bond donors (Lipinski definition) is 1. The molecule has 1 aromatic rings. The molecule has 5 aliphatic rings. The number of amides is 3. The van der Waals surface area contributed by atoms with Crippen LogP contribution in [-0.2, 0) is 14.4 Å². The van der Waals surface area contributed by atoms with Gasteiger partial charge in [0, 0.05) is 17.8 Å². The number of benzene rings is 1. The molecule has 6 rings (SSSR count). The largest absolute Gasteiger partial charge is 0.324 e. The van der Waals surface area contributed by atoms with Crippen LogP contribution in [0.1, 0.15) is 13.3 Å². The molecule has 8 heteroatoms. The number of nitro groups is 1. The average Bonchev–Trinajstić information content (AvgIpc) is 3.45. The van der Waals surface area contributed by atoms with E-state index in [0.29, 0.717) is 17.5 Å². The molecule has 3 amide bonds. The number of hydrogen-bond acceptors (Lipinski definition) is 5. The highest BCUT2D eigenvalue weighted by molar-refractivity contribution is 6.10. The molecule has 1 heterocycles. The van der Waals surface area contributed by atoms with Gasteiger partial charge in [0.15, 0.2) is 0 Å². The third-order valence-electron chi connectivity index (χ3n) is 6.81. The van der Waals surface area contributed by atoms with Gasteiger partial charge in [0.2, 0.25) is 17.7 Å². The van der Waals surface area contributed by atoms with Crippen molar-refractivity contribution in [1.82, 2.24) is 4.90 Å². The number of anilines is 1. The van der Waals surface area contributed by atoms with Crippen LogP contribution in [0.15, 0.2) is 36.4 Å². The molecule has 2 saturated carbocycles. The zero-order chi connectivity index (χ0) is 19.7. The normalized spacial score (nSPS) is 35.4. The van der Waals surface area contributed by atoms with Crippen LogP contribution in [0, 0.1) is 45.6 Å². The van der Waals surface area contributed by atoms with Crippen LogP contribution in [0.4, 0.5) is 11.4 Å². The molecule has 0 unspecified atom stereocenters. The van der Waals surface area contributed by atoms with E-state index in [1.165, 1.54) is 24.3 Å². The summed E-state index contributed by atoms with van der Waals surface area (Å²) in [6.45, 7) is 1.55. The van der Waals surface area contributed by atoms with E-state index in [9.17, 15) is 24.5 Å². The third kappa shape index (κ3) is 2.26. The van der Waals surface area contributed by atoms with Crippen LogP contribution in [0.5, 0.6) is 0 Å². The molecule has 144 valence electrons. The monoisotopic (exact) mass is 381 g/mol. The summed E-state index contributed by atoms with van der Waals surface area (Å²) in [6.07, 6.45) is 5.28. The first-order valence-electron chi connectivity index (χ1n) is 9.49. The van der Waals surface area contributed by atoms with E-state index in [-0.39, 0.29) is 41.2 Å². The summed E-state index contributed by atoms with van der Waals surface area (Å²) in [4.78, 5) is 50.1. The van der Waals surface area contributed by atoms with Gasteiger partial charge < -0.3 is 5.32 Å². The van der Waals surface area contributed by atoms with E-state index in [2.05, 4.69) is 17.5 Å². The SMILES string of the molecule is C[C@H](C(=O)Nc1ccc([N+](=O)[O-])cc1)N1C(=O)[C@@H]2[C@H]3C=C[C@@H]([C@@H]4C[C@H]34)[C@@H]2C1=O. The first-order chi connectivity index (χ1) is 13.4. The Labute approximate surface area is 160 Å². The lowest BCUT2D eigenvalue weighted by atomic mass is 9.63. The minimum atomic E-state index is -0.934. The van der Waals surface area contributed by atoms with Crippen LogP contribution >= 0.6 is 0 Å². The van der Waals surface area contributed by atoms with Gasteiger partial charge in [-0.3, -0.25) is 29.4 Å².